The second-order valence-corrected chi connectivity index (χ2v) is 8.11. The molecule has 3 rings (SSSR count). The van der Waals surface area contributed by atoms with Gasteiger partial charge in [-0.15, -0.1) is 0 Å². The third kappa shape index (κ3) is 2.02. The van der Waals surface area contributed by atoms with Gasteiger partial charge in [-0.25, -0.2) is 0 Å². The molecule has 0 bridgehead atoms. The molecule has 128 valence electrons. The molecule has 0 heterocycles. The summed E-state index contributed by atoms with van der Waals surface area (Å²) < 4.78 is 0. The number of aliphatic hydroxyl groups is 2. The summed E-state index contributed by atoms with van der Waals surface area (Å²) in [7, 11) is 0. The topological polar surface area (TPSA) is 74.6 Å². The molecule has 0 radical (unpaired) electrons. The highest BCUT2D eigenvalue weighted by molar-refractivity contribution is 6.10. The Morgan fingerprint density at radius 3 is 2.38 bits per heavy atom. The fourth-order valence-electron chi connectivity index (χ4n) is 4.43. The molecule has 4 heteroatoms. The van der Waals surface area contributed by atoms with E-state index >= 15 is 0 Å². The van der Waals surface area contributed by atoms with Gasteiger partial charge in [-0.1, -0.05) is 52.3 Å². The average molecular weight is 328 g/mol. The molecular formula is C20H24O4. The van der Waals surface area contributed by atoms with Crippen molar-refractivity contribution in [3.8, 4) is 0 Å². The third-order valence-electron chi connectivity index (χ3n) is 5.72. The molecule has 0 aromatic heterocycles. The molecule has 1 fully saturated rings. The number of Topliss-reactive ketones (excluding diaryl/α,β-unsaturated/α-hetero) is 2. The van der Waals surface area contributed by atoms with E-state index in [2.05, 4.69) is 0 Å². The Bertz CT molecular complexity index is 773. The maximum absolute atomic E-state index is 12.6. The Kier molecular flexibility index (Phi) is 3.54. The molecule has 0 aromatic rings. The van der Waals surface area contributed by atoms with E-state index in [0.717, 1.165) is 11.1 Å². The Labute approximate surface area is 142 Å². The molecule has 24 heavy (non-hydrogen) atoms. The molecule has 3 aliphatic rings. The first kappa shape index (κ1) is 16.9. The van der Waals surface area contributed by atoms with Crippen LogP contribution in [0.4, 0.5) is 0 Å². The van der Waals surface area contributed by atoms with Gasteiger partial charge in [0, 0.05) is 28.4 Å². The Morgan fingerprint density at radius 2 is 1.79 bits per heavy atom. The number of fused-ring (bicyclic) bond motifs is 3. The van der Waals surface area contributed by atoms with Gasteiger partial charge in [0.1, 0.15) is 6.10 Å². The number of hydrogen-bond acceptors (Lipinski definition) is 4. The van der Waals surface area contributed by atoms with Gasteiger partial charge in [-0.2, -0.15) is 0 Å². The summed E-state index contributed by atoms with van der Waals surface area (Å²) >= 11 is 0. The summed E-state index contributed by atoms with van der Waals surface area (Å²) in [6, 6.07) is 0. The van der Waals surface area contributed by atoms with E-state index in [1.807, 2.05) is 52.8 Å². The van der Waals surface area contributed by atoms with E-state index in [9.17, 15) is 19.8 Å². The van der Waals surface area contributed by atoms with Gasteiger partial charge in [-0.3, -0.25) is 9.59 Å². The zero-order chi connectivity index (χ0) is 18.0. The largest absolute Gasteiger partial charge is 0.504 e. The van der Waals surface area contributed by atoms with Crippen molar-refractivity contribution in [3.05, 3.63) is 46.3 Å². The number of hydrogen-bond donors (Lipinski definition) is 2. The molecule has 0 saturated heterocycles. The molecule has 0 aliphatic heterocycles. The summed E-state index contributed by atoms with van der Waals surface area (Å²) in [5.41, 5.74) is 1.23. The lowest BCUT2D eigenvalue weighted by atomic mass is 9.53. The summed E-state index contributed by atoms with van der Waals surface area (Å²) in [4.78, 5) is 25.0. The second kappa shape index (κ2) is 5.03. The molecule has 3 aliphatic carbocycles. The molecule has 2 unspecified atom stereocenters. The monoisotopic (exact) mass is 328 g/mol. The maximum Gasteiger partial charge on any atom is 0.223 e. The van der Waals surface area contributed by atoms with E-state index in [1.54, 1.807) is 0 Å². The van der Waals surface area contributed by atoms with E-state index in [1.165, 1.54) is 0 Å². The quantitative estimate of drug-likeness (QED) is 0.775. The Morgan fingerprint density at radius 1 is 1.17 bits per heavy atom. The minimum atomic E-state index is -1.07. The molecule has 0 spiro atoms. The predicted octanol–water partition coefficient (Wildman–Crippen LogP) is 3.20. The standard InChI is InChI=1S/C20H24O4/c1-10(2)12-8-11-6-7-14-19(3,4)18(24)13(21)9-20(14,5)15(11)17(23)16(12)22/h6-8,10,18,23-24H,9H2,1-5H3. The highest BCUT2D eigenvalue weighted by atomic mass is 16.3. The SMILES string of the molecule is CC(C)C1=CC2=CC=C3C(C)(CC(=O)C(O)C3(C)C)C2=C(O)C1=O. The first-order valence-electron chi connectivity index (χ1n) is 8.36. The van der Waals surface area contributed by atoms with Crippen LogP contribution in [0, 0.1) is 16.7 Å². The van der Waals surface area contributed by atoms with Crippen molar-refractivity contribution in [1.82, 2.24) is 0 Å². The molecule has 4 nitrogen and oxygen atoms in total. The number of rotatable bonds is 1. The fourth-order valence-corrected chi connectivity index (χ4v) is 4.43. The normalized spacial score (nSPS) is 32.1. The Hall–Kier alpha value is -1.94. The van der Waals surface area contributed by atoms with Crippen molar-refractivity contribution in [3.63, 3.8) is 0 Å². The lowest BCUT2D eigenvalue weighted by molar-refractivity contribution is -0.137. The van der Waals surface area contributed by atoms with Gasteiger partial charge in [0.2, 0.25) is 5.78 Å². The van der Waals surface area contributed by atoms with Gasteiger partial charge in [0.15, 0.2) is 11.5 Å². The number of aliphatic hydroxyl groups excluding tert-OH is 2. The first-order valence-corrected chi connectivity index (χ1v) is 8.36. The van der Waals surface area contributed by atoms with Crippen LogP contribution in [0.1, 0.15) is 41.0 Å². The highest BCUT2D eigenvalue weighted by Gasteiger charge is 2.55. The van der Waals surface area contributed by atoms with Crippen LogP contribution in [0.2, 0.25) is 0 Å². The number of carbonyl (C=O) groups is 2. The van der Waals surface area contributed by atoms with Crippen molar-refractivity contribution in [2.24, 2.45) is 16.7 Å². The van der Waals surface area contributed by atoms with Gasteiger partial charge in [-0.05, 0) is 17.6 Å². The molecule has 0 aromatic carbocycles. The summed E-state index contributed by atoms with van der Waals surface area (Å²) in [6.07, 6.45) is 4.64. The average Bonchev–Trinajstić information content (AvgIpc) is 2.47. The van der Waals surface area contributed by atoms with Gasteiger partial charge < -0.3 is 10.2 Å². The second-order valence-electron chi connectivity index (χ2n) is 8.11. The van der Waals surface area contributed by atoms with Crippen molar-refractivity contribution in [1.29, 1.82) is 0 Å². The minimum Gasteiger partial charge on any atom is -0.504 e. The van der Waals surface area contributed by atoms with Gasteiger partial charge >= 0.3 is 0 Å². The van der Waals surface area contributed by atoms with Crippen LogP contribution < -0.4 is 0 Å². The van der Waals surface area contributed by atoms with Crippen LogP contribution in [0.5, 0.6) is 0 Å². The predicted molar refractivity (Wildman–Crippen MR) is 91.3 cm³/mol. The van der Waals surface area contributed by atoms with Gasteiger partial charge in [0.25, 0.3) is 0 Å². The molecule has 2 N–H and O–H groups in total. The van der Waals surface area contributed by atoms with E-state index in [-0.39, 0.29) is 29.7 Å². The third-order valence-corrected chi connectivity index (χ3v) is 5.72. The minimum absolute atomic E-state index is 0.00605. The fraction of sp³-hybridized carbons (Fsp3) is 0.500. The molecule has 1 saturated carbocycles. The van der Waals surface area contributed by atoms with Crippen LogP contribution in [-0.2, 0) is 9.59 Å². The summed E-state index contributed by atoms with van der Waals surface area (Å²) in [6.45, 7) is 9.37. The lowest BCUT2D eigenvalue weighted by Crippen LogP contribution is -2.51. The van der Waals surface area contributed by atoms with Crippen LogP contribution in [-0.4, -0.2) is 27.9 Å². The van der Waals surface area contributed by atoms with Crippen LogP contribution in [0.25, 0.3) is 0 Å². The number of carbonyl (C=O) groups excluding carboxylic acids is 2. The van der Waals surface area contributed by atoms with Crippen molar-refractivity contribution < 1.29 is 19.8 Å². The summed E-state index contributed by atoms with van der Waals surface area (Å²) in [5.74, 6) is -0.879. The van der Waals surface area contributed by atoms with Crippen LogP contribution >= 0.6 is 0 Å². The molecular weight excluding hydrogens is 304 g/mol. The zero-order valence-electron chi connectivity index (χ0n) is 14.8. The van der Waals surface area contributed by atoms with E-state index < -0.39 is 16.9 Å². The smallest absolute Gasteiger partial charge is 0.223 e. The summed E-state index contributed by atoms with van der Waals surface area (Å²) in [5, 5.41) is 21.0. The van der Waals surface area contributed by atoms with Crippen molar-refractivity contribution >= 4 is 11.6 Å². The lowest BCUT2D eigenvalue weighted by Gasteiger charge is -2.50. The number of allylic oxidation sites excluding steroid dienone is 6. The first-order chi connectivity index (χ1) is 11.0. The van der Waals surface area contributed by atoms with Crippen LogP contribution in [0.15, 0.2) is 46.3 Å². The van der Waals surface area contributed by atoms with E-state index in [4.69, 9.17) is 0 Å². The zero-order valence-corrected chi connectivity index (χ0v) is 14.8. The van der Waals surface area contributed by atoms with Crippen molar-refractivity contribution in [2.45, 2.75) is 47.1 Å². The maximum atomic E-state index is 12.6. The number of ketones is 2. The molecule has 0 amide bonds. The Balaban J connectivity index is 2.26. The molecule has 2 atom stereocenters. The highest BCUT2D eigenvalue weighted by Crippen LogP contribution is 2.58. The van der Waals surface area contributed by atoms with Gasteiger partial charge in [0.05, 0.1) is 0 Å². The van der Waals surface area contributed by atoms with E-state index in [0.29, 0.717) is 11.1 Å². The van der Waals surface area contributed by atoms with Crippen molar-refractivity contribution in [2.75, 3.05) is 0 Å². The van der Waals surface area contributed by atoms with Crippen LogP contribution in [0.3, 0.4) is 0 Å².